The van der Waals surface area contributed by atoms with E-state index in [2.05, 4.69) is 34.4 Å². The highest BCUT2D eigenvalue weighted by Gasteiger charge is 2.28. The number of aryl methyl sites for hydroxylation is 2. The van der Waals surface area contributed by atoms with Crippen LogP contribution in [0.2, 0.25) is 0 Å². The molecule has 29 heavy (non-hydrogen) atoms. The van der Waals surface area contributed by atoms with Crippen LogP contribution in [0.15, 0.2) is 11.4 Å². The number of nitrogens with zero attached hydrogens (tertiary/aromatic N) is 2. The quantitative estimate of drug-likeness (QED) is 0.508. The van der Waals surface area contributed by atoms with E-state index >= 15 is 0 Å². The minimum Gasteiger partial charge on any atom is -0.354 e. The van der Waals surface area contributed by atoms with E-state index in [4.69, 9.17) is 0 Å². The Bertz CT molecular complexity index is 881. The van der Waals surface area contributed by atoms with Gasteiger partial charge in [-0.25, -0.2) is 9.97 Å². The highest BCUT2D eigenvalue weighted by Crippen LogP contribution is 2.34. The Hall–Kier alpha value is -1.67. The molecule has 0 saturated heterocycles. The smallest absolute Gasteiger partial charge is 0.223 e. The molecule has 0 radical (unpaired) electrons. The maximum absolute atomic E-state index is 12.4. The summed E-state index contributed by atoms with van der Waals surface area (Å²) in [7, 11) is 0. The molecule has 1 aliphatic carbocycles. The van der Waals surface area contributed by atoms with Gasteiger partial charge in [-0.05, 0) is 52.5 Å². The highest BCUT2D eigenvalue weighted by atomic mass is 32.2. The van der Waals surface area contributed by atoms with Crippen LogP contribution < -0.4 is 10.6 Å². The summed E-state index contributed by atoms with van der Waals surface area (Å²) < 4.78 is 0. The summed E-state index contributed by atoms with van der Waals surface area (Å²) in [5.74, 6) is 0.848. The van der Waals surface area contributed by atoms with Crippen molar-refractivity contribution in [3.8, 4) is 0 Å². The predicted octanol–water partition coefficient (Wildman–Crippen LogP) is 3.99. The number of thioether (sulfide) groups is 1. The Kier molecular flexibility index (Phi) is 7.51. The molecule has 0 aromatic carbocycles. The monoisotopic (exact) mass is 434 g/mol. The van der Waals surface area contributed by atoms with Crippen molar-refractivity contribution in [2.45, 2.75) is 76.9 Å². The summed E-state index contributed by atoms with van der Waals surface area (Å²) in [6.07, 6.45) is 5.61. The largest absolute Gasteiger partial charge is 0.354 e. The van der Waals surface area contributed by atoms with E-state index in [9.17, 15) is 9.59 Å². The number of hydrogen-bond donors (Lipinski definition) is 2. The minimum absolute atomic E-state index is 0.00457. The van der Waals surface area contributed by atoms with Crippen molar-refractivity contribution >= 4 is 45.1 Å². The molecule has 0 bridgehead atoms. The number of carbonyl (C=O) groups is 2. The van der Waals surface area contributed by atoms with Gasteiger partial charge in [0.05, 0.1) is 0 Å². The molecule has 2 unspecified atom stereocenters. The van der Waals surface area contributed by atoms with Crippen molar-refractivity contribution in [1.29, 1.82) is 0 Å². The number of rotatable bonds is 7. The zero-order chi connectivity index (χ0) is 21.0. The van der Waals surface area contributed by atoms with Gasteiger partial charge in [0, 0.05) is 40.4 Å². The molecule has 3 rings (SSSR count). The van der Waals surface area contributed by atoms with Crippen LogP contribution in [0.4, 0.5) is 0 Å². The molecule has 2 amide bonds. The molecule has 2 heterocycles. The summed E-state index contributed by atoms with van der Waals surface area (Å²) in [4.78, 5) is 35.8. The van der Waals surface area contributed by atoms with Gasteiger partial charge >= 0.3 is 0 Å². The van der Waals surface area contributed by atoms with Crippen molar-refractivity contribution < 1.29 is 9.59 Å². The van der Waals surface area contributed by atoms with Gasteiger partial charge in [0.1, 0.15) is 16.2 Å². The second kappa shape index (κ2) is 9.89. The zero-order valence-corrected chi connectivity index (χ0v) is 19.2. The molecule has 2 N–H and O–H groups in total. The molecule has 8 heteroatoms. The van der Waals surface area contributed by atoms with Crippen molar-refractivity contribution in [2.75, 3.05) is 5.75 Å². The fourth-order valence-corrected chi connectivity index (χ4v) is 5.82. The molecule has 2 atom stereocenters. The third-order valence-corrected chi connectivity index (χ3v) is 7.45. The molecule has 2 aromatic heterocycles. The van der Waals surface area contributed by atoms with Gasteiger partial charge < -0.3 is 10.6 Å². The molecule has 0 aliphatic heterocycles. The lowest BCUT2D eigenvalue weighted by Crippen LogP contribution is -2.43. The first-order valence-corrected chi connectivity index (χ1v) is 12.1. The third-order valence-electron chi connectivity index (χ3n) is 5.34. The van der Waals surface area contributed by atoms with E-state index in [1.54, 1.807) is 29.4 Å². The lowest BCUT2D eigenvalue weighted by Gasteiger charge is -2.29. The summed E-state index contributed by atoms with van der Waals surface area (Å²) in [6.45, 7) is 8.15. The van der Waals surface area contributed by atoms with Crippen LogP contribution in [0.25, 0.3) is 10.2 Å². The van der Waals surface area contributed by atoms with E-state index in [-0.39, 0.29) is 29.8 Å². The number of fused-ring (bicyclic) bond motifs is 1. The minimum atomic E-state index is 0.00457. The Balaban J connectivity index is 1.49. The number of nitrogens with one attached hydrogen (secondary N) is 2. The van der Waals surface area contributed by atoms with Crippen LogP contribution in [-0.4, -0.2) is 39.6 Å². The van der Waals surface area contributed by atoms with E-state index in [0.717, 1.165) is 40.9 Å². The van der Waals surface area contributed by atoms with Gasteiger partial charge in [0.25, 0.3) is 0 Å². The number of carbonyl (C=O) groups excluding carboxylic acids is 2. The molecule has 1 aliphatic rings. The summed E-state index contributed by atoms with van der Waals surface area (Å²) in [5.41, 5.74) is 1.23. The topological polar surface area (TPSA) is 84.0 Å². The molecule has 2 aromatic rings. The van der Waals surface area contributed by atoms with E-state index in [1.807, 2.05) is 13.8 Å². The average molecular weight is 435 g/mol. The normalized spacial score (nSPS) is 19.5. The number of hydrogen-bond acceptors (Lipinski definition) is 6. The van der Waals surface area contributed by atoms with E-state index < -0.39 is 0 Å². The van der Waals surface area contributed by atoms with Crippen LogP contribution in [-0.2, 0) is 9.59 Å². The standard InChI is InChI=1S/C21H30N4O2S2/c1-12(2)24-19(27)15-6-5-7-16(10-15)25-17(26)8-9-28-20-18-13(3)14(4)29-21(18)23-11-22-20/h11-12,15-16H,5-10H2,1-4H3,(H,24,27)(H,25,26). The van der Waals surface area contributed by atoms with Crippen LogP contribution >= 0.6 is 23.1 Å². The SMILES string of the molecule is Cc1sc2ncnc(SCCC(=O)NC3CCCC(C(=O)NC(C)C)C3)c2c1C. The Morgan fingerprint density at radius 2 is 2.07 bits per heavy atom. The maximum atomic E-state index is 12.4. The Morgan fingerprint density at radius 3 is 2.83 bits per heavy atom. The zero-order valence-electron chi connectivity index (χ0n) is 17.6. The lowest BCUT2D eigenvalue weighted by atomic mass is 9.85. The van der Waals surface area contributed by atoms with E-state index in [0.29, 0.717) is 12.2 Å². The number of amides is 2. The van der Waals surface area contributed by atoms with Gasteiger partial charge in [0.2, 0.25) is 11.8 Å². The number of thiophene rings is 1. The van der Waals surface area contributed by atoms with Crippen molar-refractivity contribution in [3.05, 3.63) is 16.8 Å². The van der Waals surface area contributed by atoms with Crippen molar-refractivity contribution in [1.82, 2.24) is 20.6 Å². The predicted molar refractivity (Wildman–Crippen MR) is 119 cm³/mol. The van der Waals surface area contributed by atoms with Crippen molar-refractivity contribution in [2.24, 2.45) is 5.92 Å². The molecule has 1 saturated carbocycles. The lowest BCUT2D eigenvalue weighted by molar-refractivity contribution is -0.128. The highest BCUT2D eigenvalue weighted by molar-refractivity contribution is 7.99. The fourth-order valence-electron chi connectivity index (χ4n) is 3.76. The van der Waals surface area contributed by atoms with E-state index in [1.165, 1.54) is 10.4 Å². The third kappa shape index (κ3) is 5.69. The second-order valence-corrected chi connectivity index (χ2v) is 10.3. The molecule has 0 spiro atoms. The van der Waals surface area contributed by atoms with Crippen LogP contribution in [0.5, 0.6) is 0 Å². The second-order valence-electron chi connectivity index (χ2n) is 8.03. The summed E-state index contributed by atoms with van der Waals surface area (Å²) in [5, 5.41) is 8.20. The van der Waals surface area contributed by atoms with Gasteiger partial charge in [-0.15, -0.1) is 23.1 Å². The summed E-state index contributed by atoms with van der Waals surface area (Å²) >= 11 is 3.30. The van der Waals surface area contributed by atoms with Crippen LogP contribution in [0.1, 0.15) is 56.4 Å². The average Bonchev–Trinajstić information content (AvgIpc) is 2.96. The van der Waals surface area contributed by atoms with Gasteiger partial charge in [-0.2, -0.15) is 0 Å². The number of aromatic nitrogens is 2. The molecule has 6 nitrogen and oxygen atoms in total. The van der Waals surface area contributed by atoms with Gasteiger partial charge in [-0.1, -0.05) is 6.42 Å². The molecular formula is C21H30N4O2S2. The first-order valence-electron chi connectivity index (χ1n) is 10.3. The fraction of sp³-hybridized carbons (Fsp3) is 0.619. The molecular weight excluding hydrogens is 404 g/mol. The maximum Gasteiger partial charge on any atom is 0.223 e. The van der Waals surface area contributed by atoms with Crippen LogP contribution in [0.3, 0.4) is 0 Å². The molecule has 1 fully saturated rings. The van der Waals surface area contributed by atoms with Crippen molar-refractivity contribution in [3.63, 3.8) is 0 Å². The van der Waals surface area contributed by atoms with Gasteiger partial charge in [-0.3, -0.25) is 9.59 Å². The Labute approximate surface area is 180 Å². The first-order chi connectivity index (χ1) is 13.8. The Morgan fingerprint density at radius 1 is 1.28 bits per heavy atom. The summed E-state index contributed by atoms with van der Waals surface area (Å²) in [6, 6.07) is 0.245. The molecule has 158 valence electrons. The van der Waals surface area contributed by atoms with Gasteiger partial charge in [0.15, 0.2) is 0 Å². The first kappa shape index (κ1) is 22.0. The van der Waals surface area contributed by atoms with Crippen LogP contribution in [0, 0.1) is 19.8 Å².